The molecule has 2 aliphatic rings. The Kier molecular flexibility index (Phi) is 3.14. The van der Waals surface area contributed by atoms with Gasteiger partial charge in [-0.25, -0.2) is 0 Å². The Balaban J connectivity index is 1.79. The van der Waals surface area contributed by atoms with E-state index in [2.05, 4.69) is 23.9 Å². The van der Waals surface area contributed by atoms with E-state index in [-0.39, 0.29) is 6.79 Å². The number of nitrogen functional groups attached to an aromatic ring is 1. The fraction of sp³-hybridized carbons (Fsp3) is 0.571. The smallest absolute Gasteiger partial charge is 0.231 e. The number of rotatable bonds is 2. The molecular weight excluding hydrogens is 242 g/mol. The van der Waals surface area contributed by atoms with Crippen molar-refractivity contribution in [3.8, 4) is 11.5 Å². The third kappa shape index (κ3) is 2.18. The van der Waals surface area contributed by atoms with E-state index in [0.29, 0.717) is 17.5 Å². The van der Waals surface area contributed by atoms with Crippen molar-refractivity contribution < 1.29 is 9.47 Å². The third-order valence-corrected chi connectivity index (χ3v) is 4.06. The minimum absolute atomic E-state index is 0.269. The van der Waals surface area contributed by atoms with Crippen molar-refractivity contribution >= 4 is 11.4 Å². The first-order valence-corrected chi connectivity index (χ1v) is 6.76. The van der Waals surface area contributed by atoms with E-state index in [1.165, 1.54) is 12.8 Å². The highest BCUT2D eigenvalue weighted by molar-refractivity contribution is 5.74. The summed E-state index contributed by atoms with van der Waals surface area (Å²) in [5.41, 5.74) is 7.66. The lowest BCUT2D eigenvalue weighted by atomic mass is 10.0. The van der Waals surface area contributed by atoms with Crippen LogP contribution in [0, 0.1) is 0 Å². The van der Waals surface area contributed by atoms with Crippen LogP contribution in [0.25, 0.3) is 0 Å². The van der Waals surface area contributed by atoms with Crippen LogP contribution >= 0.6 is 0 Å². The highest BCUT2D eigenvalue weighted by Crippen LogP contribution is 2.45. The second kappa shape index (κ2) is 4.81. The number of nitrogens with zero attached hydrogens (tertiary/aromatic N) is 2. The highest BCUT2D eigenvalue weighted by atomic mass is 16.7. The zero-order chi connectivity index (χ0) is 13.4. The van der Waals surface area contributed by atoms with Gasteiger partial charge < -0.3 is 25.0 Å². The number of nitrogens with two attached hydrogens (primary N) is 1. The van der Waals surface area contributed by atoms with Crippen LogP contribution in [0.3, 0.4) is 0 Å². The number of piperidine rings is 1. The maximum absolute atomic E-state index is 5.90. The molecule has 0 radical (unpaired) electrons. The van der Waals surface area contributed by atoms with Crippen LogP contribution in [0.4, 0.5) is 11.4 Å². The third-order valence-electron chi connectivity index (χ3n) is 4.06. The summed E-state index contributed by atoms with van der Waals surface area (Å²) in [5.74, 6) is 1.51. The molecule has 19 heavy (non-hydrogen) atoms. The molecule has 104 valence electrons. The molecule has 1 fully saturated rings. The van der Waals surface area contributed by atoms with Gasteiger partial charge >= 0.3 is 0 Å². The second-order valence-electron chi connectivity index (χ2n) is 5.42. The molecule has 5 nitrogen and oxygen atoms in total. The lowest BCUT2D eigenvalue weighted by Crippen LogP contribution is -2.42. The van der Waals surface area contributed by atoms with E-state index in [4.69, 9.17) is 15.2 Å². The summed E-state index contributed by atoms with van der Waals surface area (Å²) >= 11 is 0. The molecule has 1 aromatic carbocycles. The summed E-state index contributed by atoms with van der Waals surface area (Å²) in [7, 11) is 4.30. The van der Waals surface area contributed by atoms with E-state index >= 15 is 0 Å². The standard InChI is InChI=1S/C14H21N3O2/c1-16(2)10-5-7-17(8-6-10)12-4-3-11(15)13-14(12)19-9-18-13/h3-4,10H,5-9,15H2,1-2H3. The van der Waals surface area contributed by atoms with E-state index in [1.54, 1.807) is 0 Å². The number of anilines is 2. The van der Waals surface area contributed by atoms with Crippen LogP contribution in [-0.4, -0.2) is 44.9 Å². The average molecular weight is 263 g/mol. The van der Waals surface area contributed by atoms with Crippen molar-refractivity contribution in [3.63, 3.8) is 0 Å². The summed E-state index contributed by atoms with van der Waals surface area (Å²) in [6.07, 6.45) is 2.35. The van der Waals surface area contributed by atoms with Crippen molar-refractivity contribution in [2.24, 2.45) is 0 Å². The topological polar surface area (TPSA) is 51.0 Å². The normalized spacial score (nSPS) is 19.2. The SMILES string of the molecule is CN(C)C1CCN(c2ccc(N)c3c2OCO3)CC1. The first-order valence-electron chi connectivity index (χ1n) is 6.76. The van der Waals surface area contributed by atoms with Gasteiger partial charge in [-0.15, -0.1) is 0 Å². The minimum Gasteiger partial charge on any atom is -0.451 e. The van der Waals surface area contributed by atoms with Crippen molar-refractivity contribution in [1.82, 2.24) is 4.90 Å². The van der Waals surface area contributed by atoms with Gasteiger partial charge in [-0.05, 0) is 39.1 Å². The number of ether oxygens (including phenoxy) is 2. The molecule has 2 heterocycles. The molecule has 0 aromatic heterocycles. The van der Waals surface area contributed by atoms with Gasteiger partial charge in [0.1, 0.15) is 0 Å². The van der Waals surface area contributed by atoms with Crippen LogP contribution in [0.15, 0.2) is 12.1 Å². The number of hydrogen-bond donors (Lipinski definition) is 1. The van der Waals surface area contributed by atoms with Crippen molar-refractivity contribution in [3.05, 3.63) is 12.1 Å². The van der Waals surface area contributed by atoms with E-state index in [0.717, 1.165) is 24.5 Å². The highest BCUT2D eigenvalue weighted by Gasteiger charge is 2.27. The number of fused-ring (bicyclic) bond motifs is 1. The van der Waals surface area contributed by atoms with Crippen molar-refractivity contribution in [1.29, 1.82) is 0 Å². The molecule has 3 rings (SSSR count). The molecule has 0 atom stereocenters. The van der Waals surface area contributed by atoms with E-state index < -0.39 is 0 Å². The largest absolute Gasteiger partial charge is 0.451 e. The molecule has 1 aromatic rings. The molecule has 0 aliphatic carbocycles. The molecule has 0 spiro atoms. The molecule has 0 bridgehead atoms. The second-order valence-corrected chi connectivity index (χ2v) is 5.42. The fourth-order valence-electron chi connectivity index (χ4n) is 2.88. The summed E-state index contributed by atoms with van der Waals surface area (Å²) in [5, 5.41) is 0. The Labute approximate surface area is 113 Å². The molecule has 1 saturated heterocycles. The number of benzene rings is 1. The Bertz CT molecular complexity index is 468. The van der Waals surface area contributed by atoms with E-state index in [9.17, 15) is 0 Å². The fourth-order valence-corrected chi connectivity index (χ4v) is 2.88. The van der Waals surface area contributed by atoms with Crippen molar-refractivity contribution in [2.75, 3.05) is 44.6 Å². The first kappa shape index (κ1) is 12.4. The lowest BCUT2D eigenvalue weighted by Gasteiger charge is -2.36. The van der Waals surface area contributed by atoms with Gasteiger partial charge in [0, 0.05) is 19.1 Å². The predicted molar refractivity (Wildman–Crippen MR) is 75.9 cm³/mol. The molecule has 2 N–H and O–H groups in total. The summed E-state index contributed by atoms with van der Waals surface area (Å²) in [4.78, 5) is 4.68. The van der Waals surface area contributed by atoms with Gasteiger partial charge in [0.25, 0.3) is 0 Å². The maximum atomic E-state index is 5.90. The van der Waals surface area contributed by atoms with Gasteiger partial charge in [-0.1, -0.05) is 0 Å². The monoisotopic (exact) mass is 263 g/mol. The lowest BCUT2D eigenvalue weighted by molar-refractivity contribution is 0.174. The zero-order valence-corrected chi connectivity index (χ0v) is 11.6. The zero-order valence-electron chi connectivity index (χ0n) is 11.6. The molecule has 5 heteroatoms. The van der Waals surface area contributed by atoms with Crippen LogP contribution in [0.1, 0.15) is 12.8 Å². The molecular formula is C14H21N3O2. The summed E-state index contributed by atoms with van der Waals surface area (Å²) < 4.78 is 11.0. The summed E-state index contributed by atoms with van der Waals surface area (Å²) in [6.45, 7) is 2.36. The Hall–Kier alpha value is -1.62. The maximum Gasteiger partial charge on any atom is 0.231 e. The molecule has 0 saturated carbocycles. The Morgan fingerprint density at radius 2 is 1.84 bits per heavy atom. The average Bonchev–Trinajstić information content (AvgIpc) is 2.89. The van der Waals surface area contributed by atoms with Crippen LogP contribution in [0.2, 0.25) is 0 Å². The van der Waals surface area contributed by atoms with Crippen LogP contribution in [0.5, 0.6) is 11.5 Å². The number of hydrogen-bond acceptors (Lipinski definition) is 5. The van der Waals surface area contributed by atoms with Crippen LogP contribution < -0.4 is 20.1 Å². The van der Waals surface area contributed by atoms with Gasteiger partial charge in [0.05, 0.1) is 11.4 Å². The summed E-state index contributed by atoms with van der Waals surface area (Å²) in [6, 6.07) is 4.62. The van der Waals surface area contributed by atoms with Crippen molar-refractivity contribution in [2.45, 2.75) is 18.9 Å². The van der Waals surface area contributed by atoms with Gasteiger partial charge in [-0.3, -0.25) is 0 Å². The van der Waals surface area contributed by atoms with Gasteiger partial charge in [0.15, 0.2) is 11.5 Å². The van der Waals surface area contributed by atoms with Crippen LogP contribution in [-0.2, 0) is 0 Å². The van der Waals surface area contributed by atoms with Gasteiger partial charge in [-0.2, -0.15) is 0 Å². The minimum atomic E-state index is 0.269. The van der Waals surface area contributed by atoms with Gasteiger partial charge in [0.2, 0.25) is 6.79 Å². The predicted octanol–water partition coefficient (Wildman–Crippen LogP) is 1.53. The molecule has 2 aliphatic heterocycles. The quantitative estimate of drug-likeness (QED) is 0.820. The Morgan fingerprint density at radius 1 is 1.16 bits per heavy atom. The molecule has 0 unspecified atom stereocenters. The first-order chi connectivity index (χ1) is 9.16. The van der Waals surface area contributed by atoms with E-state index in [1.807, 2.05) is 12.1 Å². The molecule has 0 amide bonds. The Morgan fingerprint density at radius 3 is 2.53 bits per heavy atom.